The number of nitrogens with one attached hydrogen (secondary N) is 1. The molecule has 0 amide bonds. The lowest BCUT2D eigenvalue weighted by Gasteiger charge is -2.14. The lowest BCUT2D eigenvalue weighted by Crippen LogP contribution is -2.26. The molecule has 0 aromatic heterocycles. The Bertz CT molecular complexity index is 386. The van der Waals surface area contributed by atoms with E-state index in [0.29, 0.717) is 29.2 Å². The molecule has 2 rings (SSSR count). The Kier molecular flexibility index (Phi) is 4.37. The zero-order valence-corrected chi connectivity index (χ0v) is 10.6. The van der Waals surface area contributed by atoms with Crippen molar-refractivity contribution < 1.29 is 9.13 Å². The van der Waals surface area contributed by atoms with Crippen molar-refractivity contribution in [1.29, 1.82) is 0 Å². The summed E-state index contributed by atoms with van der Waals surface area (Å²) >= 11 is 5.70. The predicted molar refractivity (Wildman–Crippen MR) is 66.6 cm³/mol. The van der Waals surface area contributed by atoms with Gasteiger partial charge in [-0.2, -0.15) is 0 Å². The molecule has 4 heteroatoms. The Morgan fingerprint density at radius 1 is 1.53 bits per heavy atom. The summed E-state index contributed by atoms with van der Waals surface area (Å²) in [6, 6.07) is 4.78. The van der Waals surface area contributed by atoms with Gasteiger partial charge in [-0.15, -0.1) is 0 Å². The average molecular weight is 258 g/mol. The van der Waals surface area contributed by atoms with Gasteiger partial charge in [0.1, 0.15) is 5.82 Å². The molecule has 17 heavy (non-hydrogen) atoms. The normalized spacial score (nSPS) is 24.2. The second-order valence-corrected chi connectivity index (χ2v) is 4.93. The summed E-state index contributed by atoms with van der Waals surface area (Å²) in [5.74, 6) is 0.283. The summed E-state index contributed by atoms with van der Waals surface area (Å²) in [7, 11) is 0. The third-order valence-electron chi connectivity index (χ3n) is 3.27. The van der Waals surface area contributed by atoms with Crippen LogP contribution in [0, 0.1) is 11.7 Å². The first kappa shape index (κ1) is 12.8. The minimum Gasteiger partial charge on any atom is -0.378 e. The molecule has 0 spiro atoms. The van der Waals surface area contributed by atoms with E-state index in [9.17, 15) is 4.39 Å². The van der Waals surface area contributed by atoms with Crippen molar-refractivity contribution in [2.45, 2.75) is 26.0 Å². The van der Waals surface area contributed by atoms with Crippen LogP contribution in [-0.2, 0) is 11.3 Å². The average Bonchev–Trinajstić information content (AvgIpc) is 2.68. The Morgan fingerprint density at radius 2 is 2.35 bits per heavy atom. The Hall–Kier alpha value is -0.640. The summed E-state index contributed by atoms with van der Waals surface area (Å²) < 4.78 is 19.0. The molecule has 0 radical (unpaired) electrons. The van der Waals surface area contributed by atoms with Crippen molar-refractivity contribution in [3.05, 3.63) is 34.6 Å². The summed E-state index contributed by atoms with van der Waals surface area (Å²) in [5.41, 5.74) is 0.654. The molecular formula is C13H17ClFNO. The van der Waals surface area contributed by atoms with Crippen molar-refractivity contribution in [2.24, 2.45) is 5.92 Å². The quantitative estimate of drug-likeness (QED) is 0.895. The van der Waals surface area contributed by atoms with Crippen LogP contribution in [0.3, 0.4) is 0 Å². The number of hydrogen-bond donors (Lipinski definition) is 1. The van der Waals surface area contributed by atoms with Crippen molar-refractivity contribution >= 4 is 11.6 Å². The Balaban J connectivity index is 1.81. The zero-order valence-electron chi connectivity index (χ0n) is 9.88. The molecule has 1 aromatic carbocycles. The minimum absolute atomic E-state index is 0.249. The van der Waals surface area contributed by atoms with E-state index < -0.39 is 0 Å². The molecule has 2 unspecified atom stereocenters. The van der Waals surface area contributed by atoms with Gasteiger partial charge >= 0.3 is 0 Å². The van der Waals surface area contributed by atoms with Gasteiger partial charge in [-0.3, -0.25) is 0 Å². The molecule has 2 nitrogen and oxygen atoms in total. The molecule has 1 aliphatic heterocycles. The van der Waals surface area contributed by atoms with E-state index in [2.05, 4.69) is 12.2 Å². The largest absolute Gasteiger partial charge is 0.378 e. The van der Waals surface area contributed by atoms with E-state index >= 15 is 0 Å². The topological polar surface area (TPSA) is 21.3 Å². The van der Waals surface area contributed by atoms with Crippen LogP contribution in [0.15, 0.2) is 18.2 Å². The molecular weight excluding hydrogens is 241 g/mol. The maximum Gasteiger partial charge on any atom is 0.129 e. The first-order chi connectivity index (χ1) is 8.16. The fourth-order valence-electron chi connectivity index (χ4n) is 2.10. The summed E-state index contributed by atoms with van der Waals surface area (Å²) in [4.78, 5) is 0. The summed E-state index contributed by atoms with van der Waals surface area (Å²) in [5, 5.41) is 3.71. The van der Waals surface area contributed by atoms with Crippen LogP contribution >= 0.6 is 11.6 Å². The van der Waals surface area contributed by atoms with Crippen LogP contribution in [0.4, 0.5) is 4.39 Å². The summed E-state index contributed by atoms with van der Waals surface area (Å²) in [6.45, 7) is 4.32. The monoisotopic (exact) mass is 257 g/mol. The number of benzene rings is 1. The van der Waals surface area contributed by atoms with Crippen LogP contribution in [0.1, 0.15) is 18.9 Å². The molecule has 1 fully saturated rings. The molecule has 0 bridgehead atoms. The third kappa shape index (κ3) is 3.41. The summed E-state index contributed by atoms with van der Waals surface area (Å²) in [6.07, 6.45) is 1.38. The van der Waals surface area contributed by atoms with Gasteiger partial charge in [0.2, 0.25) is 0 Å². The predicted octanol–water partition coefficient (Wildman–Crippen LogP) is 2.99. The van der Waals surface area contributed by atoms with Crippen molar-refractivity contribution in [2.75, 3.05) is 13.2 Å². The Morgan fingerprint density at radius 3 is 3.00 bits per heavy atom. The SMILES string of the molecule is CC1OCCC1CNCc1ccc(Cl)cc1F. The molecule has 94 valence electrons. The highest BCUT2D eigenvalue weighted by Crippen LogP contribution is 2.20. The van der Waals surface area contributed by atoms with E-state index in [-0.39, 0.29) is 5.82 Å². The van der Waals surface area contributed by atoms with E-state index in [1.54, 1.807) is 12.1 Å². The van der Waals surface area contributed by atoms with Crippen LogP contribution < -0.4 is 5.32 Å². The third-order valence-corrected chi connectivity index (χ3v) is 3.51. The van der Waals surface area contributed by atoms with Crippen molar-refractivity contribution in [3.8, 4) is 0 Å². The molecule has 1 aromatic rings. The smallest absolute Gasteiger partial charge is 0.129 e. The highest BCUT2D eigenvalue weighted by Gasteiger charge is 2.23. The van der Waals surface area contributed by atoms with Crippen molar-refractivity contribution in [3.63, 3.8) is 0 Å². The highest BCUT2D eigenvalue weighted by molar-refractivity contribution is 6.30. The van der Waals surface area contributed by atoms with Gasteiger partial charge in [0.05, 0.1) is 6.10 Å². The molecule has 1 saturated heterocycles. The van der Waals surface area contributed by atoms with Gasteiger partial charge in [0.25, 0.3) is 0 Å². The van der Waals surface area contributed by atoms with Crippen molar-refractivity contribution in [1.82, 2.24) is 5.32 Å². The molecule has 1 heterocycles. The van der Waals surface area contributed by atoms with E-state index in [0.717, 1.165) is 19.6 Å². The fourth-order valence-corrected chi connectivity index (χ4v) is 2.26. The highest BCUT2D eigenvalue weighted by atomic mass is 35.5. The molecule has 0 saturated carbocycles. The van der Waals surface area contributed by atoms with Crippen LogP contribution in [0.2, 0.25) is 5.02 Å². The molecule has 0 aliphatic carbocycles. The van der Waals surface area contributed by atoms with Crippen LogP contribution in [0.25, 0.3) is 0 Å². The van der Waals surface area contributed by atoms with Crippen LogP contribution in [0.5, 0.6) is 0 Å². The van der Waals surface area contributed by atoms with E-state index in [1.165, 1.54) is 6.07 Å². The fraction of sp³-hybridized carbons (Fsp3) is 0.538. The van der Waals surface area contributed by atoms with Gasteiger partial charge in [-0.1, -0.05) is 17.7 Å². The number of halogens is 2. The maximum absolute atomic E-state index is 13.5. The van der Waals surface area contributed by atoms with Gasteiger partial charge in [-0.25, -0.2) is 4.39 Å². The van der Waals surface area contributed by atoms with E-state index in [1.807, 2.05) is 0 Å². The number of ether oxygens (including phenoxy) is 1. The second kappa shape index (κ2) is 5.80. The lowest BCUT2D eigenvalue weighted by molar-refractivity contribution is 0.105. The first-order valence-electron chi connectivity index (χ1n) is 5.93. The minimum atomic E-state index is -0.249. The van der Waals surface area contributed by atoms with Gasteiger partial charge in [-0.05, 0) is 31.4 Å². The zero-order chi connectivity index (χ0) is 12.3. The van der Waals surface area contributed by atoms with E-state index in [4.69, 9.17) is 16.3 Å². The molecule has 1 aliphatic rings. The van der Waals surface area contributed by atoms with Gasteiger partial charge < -0.3 is 10.1 Å². The number of rotatable bonds is 4. The lowest BCUT2D eigenvalue weighted by atomic mass is 10.0. The molecule has 2 atom stereocenters. The first-order valence-corrected chi connectivity index (χ1v) is 6.31. The Labute approximate surface area is 106 Å². The van der Waals surface area contributed by atoms with Gasteiger partial charge in [0, 0.05) is 30.3 Å². The number of hydrogen-bond acceptors (Lipinski definition) is 2. The van der Waals surface area contributed by atoms with Crippen LogP contribution in [-0.4, -0.2) is 19.3 Å². The maximum atomic E-state index is 13.5. The standard InChI is InChI=1S/C13H17ClFNO/c1-9-10(4-5-17-9)7-16-8-11-2-3-12(14)6-13(11)15/h2-3,6,9-10,16H,4-5,7-8H2,1H3. The second-order valence-electron chi connectivity index (χ2n) is 4.49. The molecule has 1 N–H and O–H groups in total. The van der Waals surface area contributed by atoms with Gasteiger partial charge in [0.15, 0.2) is 0 Å².